The maximum Gasteiger partial charge on any atom is 0.245 e. The van der Waals surface area contributed by atoms with Crippen molar-refractivity contribution in [3.8, 4) is 16.9 Å². The number of rotatable bonds is 2. The Hall–Kier alpha value is -5.13. The summed E-state index contributed by atoms with van der Waals surface area (Å²) in [5.41, 5.74) is 3.28. The number of halogens is 2. The monoisotopic (exact) mass is 581 g/mol. The Morgan fingerprint density at radius 2 is 1.91 bits per heavy atom. The average molecular weight is 582 g/mol. The molecule has 2 atom stereocenters. The van der Waals surface area contributed by atoms with Gasteiger partial charge < -0.3 is 20.4 Å². The molecule has 4 bridgehead atoms. The van der Waals surface area contributed by atoms with E-state index in [1.807, 2.05) is 54.4 Å². The van der Waals surface area contributed by atoms with Crippen molar-refractivity contribution in [1.29, 1.82) is 0 Å². The minimum Gasteiger partial charge on any atom is -0.384 e. The molecule has 2 aromatic carbocycles. The summed E-state index contributed by atoms with van der Waals surface area (Å²) in [6.07, 6.45) is 4.21. The zero-order valence-corrected chi connectivity index (χ0v) is 23.4. The van der Waals surface area contributed by atoms with E-state index in [0.29, 0.717) is 48.7 Å². The van der Waals surface area contributed by atoms with Gasteiger partial charge in [0.05, 0.1) is 17.3 Å². The van der Waals surface area contributed by atoms with Crippen LogP contribution in [0.15, 0.2) is 73.2 Å². The van der Waals surface area contributed by atoms with Crippen molar-refractivity contribution in [2.24, 2.45) is 0 Å². The minimum absolute atomic E-state index is 0.0231. The smallest absolute Gasteiger partial charge is 0.245 e. The number of carbonyl (C=O) groups excluding carboxylic acids is 1. The molecule has 5 heterocycles. The minimum atomic E-state index is -0.759. The van der Waals surface area contributed by atoms with Gasteiger partial charge in [0, 0.05) is 50.0 Å². The van der Waals surface area contributed by atoms with Crippen LogP contribution in [0.1, 0.15) is 12.8 Å². The molecule has 12 heteroatoms. The Morgan fingerprint density at radius 3 is 2.79 bits per heavy atom. The van der Waals surface area contributed by atoms with E-state index in [4.69, 9.17) is 4.98 Å². The number of anilines is 3. The standard InChI is InChI=1S/C31H29F2N9O/c1-40-13-5-12-34-24-7-3-2-6-21(24)25-8-4-9-28(39-25)38-20-15-27(31(40)43)41(17-20)29-22-16-37-42(30(22)36-18-35-29)26-11-10-19(32)14-23(26)33/h2-4,6-11,14,16,18,20,27,34H,5,12-13,15,17H2,1H3,(H,38,39)/t20-,27-/m0/s1. The van der Waals surface area contributed by atoms with E-state index in [2.05, 4.69) is 25.7 Å². The highest BCUT2D eigenvalue weighted by Gasteiger charge is 2.40. The molecule has 1 amide bonds. The fourth-order valence-corrected chi connectivity index (χ4v) is 5.94. The van der Waals surface area contributed by atoms with Crippen molar-refractivity contribution in [3.05, 3.63) is 84.8 Å². The van der Waals surface area contributed by atoms with Crippen molar-refractivity contribution in [3.63, 3.8) is 0 Å². The third-order valence-electron chi connectivity index (χ3n) is 8.01. The van der Waals surface area contributed by atoms with Crippen molar-refractivity contribution in [2.75, 3.05) is 42.2 Å². The molecule has 2 N–H and O–H groups in total. The first-order valence-electron chi connectivity index (χ1n) is 14.2. The molecule has 0 unspecified atom stereocenters. The highest BCUT2D eigenvalue weighted by atomic mass is 19.1. The highest BCUT2D eigenvalue weighted by Crippen LogP contribution is 2.33. The Bertz CT molecular complexity index is 1830. The lowest BCUT2D eigenvalue weighted by molar-refractivity contribution is -0.131. The van der Waals surface area contributed by atoms with Gasteiger partial charge in [-0.05, 0) is 43.2 Å². The van der Waals surface area contributed by atoms with Gasteiger partial charge in [-0.25, -0.2) is 28.4 Å². The summed E-state index contributed by atoms with van der Waals surface area (Å²) in [6.45, 7) is 1.73. The number of likely N-dealkylation sites (N-methyl/N-ethyl adjacent to an activating group) is 1. The van der Waals surface area contributed by atoms with Gasteiger partial charge in [0.25, 0.3) is 0 Å². The molecular weight excluding hydrogens is 552 g/mol. The van der Waals surface area contributed by atoms with E-state index in [1.165, 1.54) is 23.1 Å². The second-order valence-electron chi connectivity index (χ2n) is 10.8. The Labute approximate surface area is 246 Å². The summed E-state index contributed by atoms with van der Waals surface area (Å²) >= 11 is 0. The summed E-state index contributed by atoms with van der Waals surface area (Å²) in [5.74, 6) is -0.232. The van der Waals surface area contributed by atoms with Gasteiger partial charge in [0.15, 0.2) is 11.5 Å². The van der Waals surface area contributed by atoms with Crippen LogP contribution >= 0.6 is 0 Å². The molecule has 3 aromatic heterocycles. The molecule has 0 aliphatic carbocycles. The summed E-state index contributed by atoms with van der Waals surface area (Å²) in [4.78, 5) is 31.5. The number of fused-ring (bicyclic) bond motifs is 7. The van der Waals surface area contributed by atoms with E-state index in [-0.39, 0.29) is 17.6 Å². The number of hydrogen-bond donors (Lipinski definition) is 2. The fourth-order valence-electron chi connectivity index (χ4n) is 5.94. The molecule has 10 nitrogen and oxygen atoms in total. The number of benzene rings is 2. The van der Waals surface area contributed by atoms with Crippen molar-refractivity contribution in [1.82, 2.24) is 29.6 Å². The quantitative estimate of drug-likeness (QED) is 0.315. The predicted molar refractivity (Wildman–Crippen MR) is 160 cm³/mol. The summed E-state index contributed by atoms with van der Waals surface area (Å²) in [6, 6.07) is 16.6. The van der Waals surface area contributed by atoms with Gasteiger partial charge in [-0.1, -0.05) is 24.3 Å². The molecule has 2 aliphatic heterocycles. The molecule has 0 saturated carbocycles. The van der Waals surface area contributed by atoms with Crippen LogP contribution in [-0.2, 0) is 4.79 Å². The third kappa shape index (κ3) is 4.98. The average Bonchev–Trinajstić information content (AvgIpc) is 3.63. The normalized spacial score (nSPS) is 18.9. The van der Waals surface area contributed by atoms with E-state index in [1.54, 1.807) is 11.1 Å². The largest absolute Gasteiger partial charge is 0.384 e. The van der Waals surface area contributed by atoms with Gasteiger partial charge in [-0.2, -0.15) is 5.10 Å². The SMILES string of the molecule is CN1CCCNc2ccccc2-c2cccc(n2)N[C@H]2C[C@@H](C1=O)N(c1ncnc3c1cnn3-c1ccc(F)cc1F)C2. The maximum atomic E-state index is 14.7. The number of para-hydroxylation sites is 1. The Kier molecular flexibility index (Phi) is 6.80. The zero-order valence-electron chi connectivity index (χ0n) is 23.4. The van der Waals surface area contributed by atoms with Crippen LogP contribution < -0.4 is 15.5 Å². The first kappa shape index (κ1) is 26.7. The maximum absolute atomic E-state index is 14.7. The molecule has 1 fully saturated rings. The fraction of sp³-hybridized carbons (Fsp3) is 0.258. The van der Waals surface area contributed by atoms with E-state index in [9.17, 15) is 13.6 Å². The molecule has 1 saturated heterocycles. The van der Waals surface area contributed by atoms with Crippen LogP contribution in [-0.4, -0.2) is 74.3 Å². The molecular formula is C31H29F2N9O. The number of nitrogens with one attached hydrogen (secondary N) is 2. The van der Waals surface area contributed by atoms with E-state index >= 15 is 0 Å². The summed E-state index contributed by atoms with van der Waals surface area (Å²) in [7, 11) is 1.82. The number of pyridine rings is 1. The molecule has 0 spiro atoms. The second kappa shape index (κ2) is 10.9. The predicted octanol–water partition coefficient (Wildman–Crippen LogP) is 4.49. The van der Waals surface area contributed by atoms with Gasteiger partial charge in [-0.3, -0.25) is 4.79 Å². The van der Waals surface area contributed by atoms with Crippen LogP contribution in [0.3, 0.4) is 0 Å². The van der Waals surface area contributed by atoms with Crippen LogP contribution in [0, 0.1) is 11.6 Å². The summed E-state index contributed by atoms with van der Waals surface area (Å²) < 4.78 is 29.6. The Morgan fingerprint density at radius 1 is 1.02 bits per heavy atom. The van der Waals surface area contributed by atoms with Crippen LogP contribution in [0.4, 0.5) is 26.1 Å². The zero-order chi connectivity index (χ0) is 29.5. The van der Waals surface area contributed by atoms with E-state index in [0.717, 1.165) is 29.4 Å². The number of nitrogens with zero attached hydrogens (tertiary/aromatic N) is 7. The second-order valence-corrected chi connectivity index (χ2v) is 10.8. The number of amides is 1. The van der Waals surface area contributed by atoms with Crippen molar-refractivity contribution < 1.29 is 13.6 Å². The van der Waals surface area contributed by atoms with Gasteiger partial charge in [-0.15, -0.1) is 0 Å². The lowest BCUT2D eigenvalue weighted by Crippen LogP contribution is -2.45. The number of carbonyl (C=O) groups is 1. The third-order valence-corrected chi connectivity index (χ3v) is 8.01. The Balaban J connectivity index is 1.27. The van der Waals surface area contributed by atoms with Crippen molar-refractivity contribution in [2.45, 2.75) is 24.9 Å². The van der Waals surface area contributed by atoms with Crippen LogP contribution in [0.5, 0.6) is 0 Å². The number of aromatic nitrogens is 5. The highest BCUT2D eigenvalue weighted by molar-refractivity contribution is 5.92. The van der Waals surface area contributed by atoms with Gasteiger partial charge in [0.1, 0.15) is 35.5 Å². The molecule has 0 radical (unpaired) electrons. The number of hydrogen-bond acceptors (Lipinski definition) is 8. The lowest BCUT2D eigenvalue weighted by Gasteiger charge is -2.29. The molecule has 5 aromatic rings. The lowest BCUT2D eigenvalue weighted by atomic mass is 10.1. The first-order valence-corrected chi connectivity index (χ1v) is 14.2. The molecule has 218 valence electrons. The molecule has 43 heavy (non-hydrogen) atoms. The molecule has 2 aliphatic rings. The van der Waals surface area contributed by atoms with Gasteiger partial charge in [0.2, 0.25) is 5.91 Å². The molecule has 7 rings (SSSR count). The topological polar surface area (TPSA) is 104 Å². The summed E-state index contributed by atoms with van der Waals surface area (Å²) in [5, 5.41) is 12.0. The first-order chi connectivity index (χ1) is 21.0. The van der Waals surface area contributed by atoms with Crippen LogP contribution in [0.25, 0.3) is 28.0 Å². The van der Waals surface area contributed by atoms with E-state index < -0.39 is 17.7 Å². The van der Waals surface area contributed by atoms with Crippen LogP contribution in [0.2, 0.25) is 0 Å². The van der Waals surface area contributed by atoms with Gasteiger partial charge >= 0.3 is 0 Å². The van der Waals surface area contributed by atoms with Crippen molar-refractivity contribution >= 4 is 34.3 Å².